The van der Waals surface area contributed by atoms with Crippen LogP contribution in [0.5, 0.6) is 0 Å². The van der Waals surface area contributed by atoms with Crippen molar-refractivity contribution >= 4 is 61.7 Å². The first-order valence-corrected chi connectivity index (χ1v) is 21.9. The van der Waals surface area contributed by atoms with E-state index in [-0.39, 0.29) is 0 Å². The summed E-state index contributed by atoms with van der Waals surface area (Å²) in [6.45, 7) is 6.33. The first-order valence-electron chi connectivity index (χ1n) is 21.9. The molecule has 5 nitrogen and oxygen atoms in total. The van der Waals surface area contributed by atoms with E-state index in [9.17, 15) is 0 Å². The zero-order valence-electron chi connectivity index (χ0n) is 35.2. The molecule has 2 aliphatic carbocycles. The van der Waals surface area contributed by atoms with Gasteiger partial charge in [0.05, 0.1) is 22.2 Å². The number of benzene rings is 6. The summed E-state index contributed by atoms with van der Waals surface area (Å²) >= 11 is 0. The van der Waals surface area contributed by atoms with Gasteiger partial charge >= 0.3 is 0 Å². The predicted octanol–water partition coefficient (Wildman–Crippen LogP) is 15.1. The van der Waals surface area contributed by atoms with Crippen LogP contribution in [0.15, 0.2) is 189 Å². The highest BCUT2D eigenvalue weighted by molar-refractivity contribution is 6.11. The van der Waals surface area contributed by atoms with Gasteiger partial charge in [-0.05, 0) is 109 Å². The van der Waals surface area contributed by atoms with Crippen molar-refractivity contribution in [3.63, 3.8) is 0 Å². The minimum atomic E-state index is 0.686. The van der Waals surface area contributed by atoms with Gasteiger partial charge in [0, 0.05) is 44.2 Å². The minimum Gasteiger partial charge on any atom is -0.313 e. The molecule has 63 heavy (non-hydrogen) atoms. The van der Waals surface area contributed by atoms with E-state index in [1.807, 2.05) is 42.5 Å². The molecule has 2 aliphatic rings. The van der Waals surface area contributed by atoms with E-state index in [0.717, 1.165) is 59.6 Å². The molecule has 0 saturated heterocycles. The van der Waals surface area contributed by atoms with Crippen LogP contribution in [0.25, 0.3) is 101 Å². The highest BCUT2D eigenvalue weighted by atomic mass is 15.0. The van der Waals surface area contributed by atoms with Crippen LogP contribution in [0.1, 0.15) is 55.3 Å². The molecular formula is C58H45N5. The highest BCUT2D eigenvalue weighted by Crippen LogP contribution is 2.40. The summed E-state index contributed by atoms with van der Waals surface area (Å²) in [7, 11) is 0. The lowest BCUT2D eigenvalue weighted by atomic mass is 9.92. The lowest BCUT2D eigenvalue weighted by Crippen LogP contribution is -2.04. The fourth-order valence-corrected chi connectivity index (χ4v) is 9.41. The maximum atomic E-state index is 4.98. The molecule has 3 aromatic heterocycles. The largest absolute Gasteiger partial charge is 0.313 e. The van der Waals surface area contributed by atoms with Crippen LogP contribution in [0.2, 0.25) is 0 Å². The van der Waals surface area contributed by atoms with Gasteiger partial charge in [0.25, 0.3) is 0 Å². The molecule has 11 rings (SSSR count). The van der Waals surface area contributed by atoms with Crippen LogP contribution in [-0.4, -0.2) is 24.1 Å². The Kier molecular flexibility index (Phi) is 9.78. The second kappa shape index (κ2) is 16.2. The van der Waals surface area contributed by atoms with Crippen LogP contribution in [-0.2, 0) is 0 Å². The Hall–Kier alpha value is -7.89. The SMILES string of the molecule is C=Cc1c(/C=C\C)c2ccc(-c3ccc4c(c3)c3ccccc3n4-c3ccc(C4=CC=C(c5nc(-c6ccccc6)nc(-c6ccccc6)n5)CC4)cc3)cc2n1C1=CC=CCC1. The molecule has 0 N–H and O–H groups in total. The number of allylic oxidation sites excluding steroid dienone is 9. The quantitative estimate of drug-likeness (QED) is 0.146. The van der Waals surface area contributed by atoms with Crippen molar-refractivity contribution in [1.29, 1.82) is 0 Å². The molecular weight excluding hydrogens is 767 g/mol. The number of hydrogen-bond acceptors (Lipinski definition) is 3. The Labute approximate surface area is 367 Å². The summed E-state index contributed by atoms with van der Waals surface area (Å²) in [6, 6.07) is 52.0. The molecule has 9 aromatic rings. The van der Waals surface area contributed by atoms with Crippen molar-refractivity contribution in [2.24, 2.45) is 0 Å². The molecule has 0 bridgehead atoms. The molecule has 5 heteroatoms. The minimum absolute atomic E-state index is 0.686. The summed E-state index contributed by atoms with van der Waals surface area (Å²) in [4.78, 5) is 14.8. The van der Waals surface area contributed by atoms with Crippen molar-refractivity contribution in [2.45, 2.75) is 32.6 Å². The molecule has 302 valence electrons. The monoisotopic (exact) mass is 811 g/mol. The number of rotatable bonds is 9. The van der Waals surface area contributed by atoms with Gasteiger partial charge in [-0.2, -0.15) is 0 Å². The third-order valence-electron chi connectivity index (χ3n) is 12.5. The van der Waals surface area contributed by atoms with Crippen LogP contribution in [0.3, 0.4) is 0 Å². The molecule has 0 radical (unpaired) electrons. The Bertz CT molecular complexity index is 3330. The third kappa shape index (κ3) is 6.88. The summed E-state index contributed by atoms with van der Waals surface area (Å²) in [5.74, 6) is 2.10. The van der Waals surface area contributed by atoms with Gasteiger partial charge in [0.2, 0.25) is 0 Å². The zero-order valence-corrected chi connectivity index (χ0v) is 35.2. The summed E-state index contributed by atoms with van der Waals surface area (Å²) in [5.41, 5.74) is 16.4. The standard InChI is InChI=1S/C58H45N5/c1-3-16-48-50-35-31-45(38-55(50)62(52(48)4-2)46-21-12-7-13-22-46)44-32-36-54-51(37-44)49-23-14-15-24-53(49)63(54)47-33-29-40(30-34-47)39-25-27-43(28-26-39)58-60-56(41-17-8-5-9-18-41)59-57(61-58)42-19-10-6-11-20-42/h3-12,14-21,23-25,27,29-38H,2,13,22,26,28H2,1H3/b16-3-. The topological polar surface area (TPSA) is 48.5 Å². The molecule has 0 amide bonds. The molecule has 6 aromatic carbocycles. The van der Waals surface area contributed by atoms with Gasteiger partial charge in [0.1, 0.15) is 0 Å². The molecule has 0 fully saturated rings. The third-order valence-corrected chi connectivity index (χ3v) is 12.5. The van der Waals surface area contributed by atoms with Gasteiger partial charge in [-0.3, -0.25) is 0 Å². The molecule has 3 heterocycles. The van der Waals surface area contributed by atoms with Crippen molar-refractivity contribution in [3.8, 4) is 39.6 Å². The fourth-order valence-electron chi connectivity index (χ4n) is 9.41. The first kappa shape index (κ1) is 38.1. The number of hydrogen-bond donors (Lipinski definition) is 0. The number of para-hydroxylation sites is 1. The van der Waals surface area contributed by atoms with Crippen LogP contribution < -0.4 is 0 Å². The first-order chi connectivity index (χ1) is 31.1. The van der Waals surface area contributed by atoms with Crippen LogP contribution in [0, 0.1) is 0 Å². The highest BCUT2D eigenvalue weighted by Gasteiger charge is 2.20. The zero-order chi connectivity index (χ0) is 42.3. The van der Waals surface area contributed by atoms with Gasteiger partial charge < -0.3 is 9.13 Å². The van der Waals surface area contributed by atoms with Crippen molar-refractivity contribution in [2.75, 3.05) is 0 Å². The van der Waals surface area contributed by atoms with Crippen molar-refractivity contribution in [3.05, 3.63) is 211 Å². The Morgan fingerprint density at radius 1 is 0.508 bits per heavy atom. The molecule has 0 spiro atoms. The average Bonchev–Trinajstić information content (AvgIpc) is 3.86. The lowest BCUT2D eigenvalue weighted by Gasteiger charge is -2.16. The van der Waals surface area contributed by atoms with Gasteiger partial charge in [0.15, 0.2) is 17.5 Å². The Balaban J connectivity index is 0.931. The number of fused-ring (bicyclic) bond motifs is 4. The van der Waals surface area contributed by atoms with E-state index in [1.54, 1.807) is 0 Å². The summed E-state index contributed by atoms with van der Waals surface area (Å²) in [6.07, 6.45) is 21.2. The molecule has 0 aliphatic heterocycles. The maximum absolute atomic E-state index is 4.98. The second-order valence-corrected chi connectivity index (χ2v) is 16.2. The van der Waals surface area contributed by atoms with E-state index in [0.29, 0.717) is 11.6 Å². The van der Waals surface area contributed by atoms with Crippen molar-refractivity contribution < 1.29 is 0 Å². The number of nitrogens with zero attached hydrogens (tertiary/aromatic N) is 5. The fraction of sp³-hybridized carbons (Fsp3) is 0.0862. The average molecular weight is 812 g/mol. The van der Waals surface area contributed by atoms with Crippen molar-refractivity contribution in [1.82, 2.24) is 24.1 Å². The van der Waals surface area contributed by atoms with Gasteiger partial charge in [-0.1, -0.05) is 152 Å². The molecule has 0 atom stereocenters. The lowest BCUT2D eigenvalue weighted by molar-refractivity contribution is 0.957. The van der Waals surface area contributed by atoms with Crippen LogP contribution >= 0.6 is 0 Å². The van der Waals surface area contributed by atoms with E-state index in [1.165, 1.54) is 66.2 Å². The molecule has 0 saturated carbocycles. The maximum Gasteiger partial charge on any atom is 0.164 e. The molecule has 0 unspecified atom stereocenters. The van der Waals surface area contributed by atoms with E-state index >= 15 is 0 Å². The summed E-state index contributed by atoms with van der Waals surface area (Å²) in [5, 5.41) is 3.71. The van der Waals surface area contributed by atoms with E-state index in [2.05, 4.69) is 174 Å². The van der Waals surface area contributed by atoms with E-state index < -0.39 is 0 Å². The second-order valence-electron chi connectivity index (χ2n) is 16.2. The normalized spacial score (nSPS) is 14.1. The van der Waals surface area contributed by atoms with Crippen LogP contribution in [0.4, 0.5) is 0 Å². The smallest absolute Gasteiger partial charge is 0.164 e. The van der Waals surface area contributed by atoms with E-state index in [4.69, 9.17) is 15.0 Å². The van der Waals surface area contributed by atoms with Gasteiger partial charge in [-0.15, -0.1) is 0 Å². The Morgan fingerprint density at radius 2 is 1.14 bits per heavy atom. The number of aromatic nitrogens is 5. The Morgan fingerprint density at radius 3 is 1.83 bits per heavy atom. The predicted molar refractivity (Wildman–Crippen MR) is 265 cm³/mol. The van der Waals surface area contributed by atoms with Gasteiger partial charge in [-0.25, -0.2) is 15.0 Å². The summed E-state index contributed by atoms with van der Waals surface area (Å²) < 4.78 is 4.81.